The number of carbonyl (C=O) groups is 1. The third-order valence-corrected chi connectivity index (χ3v) is 5.46. The van der Waals surface area contributed by atoms with Gasteiger partial charge in [0.1, 0.15) is 5.82 Å². The lowest BCUT2D eigenvalue weighted by atomic mass is 10.1. The maximum atomic E-state index is 14.4. The number of amides is 1. The van der Waals surface area contributed by atoms with Crippen LogP contribution in [-0.4, -0.2) is 25.0 Å². The van der Waals surface area contributed by atoms with Gasteiger partial charge in [0.25, 0.3) is 5.91 Å². The zero-order valence-electron chi connectivity index (χ0n) is 17.6. The number of pyridine rings is 1. The SMILES string of the molecule is CN(C)c1ccccc1C(=O)N(Cc1cc(=O)[nH]c2c(F)cccc12)c1cccc(Cl)c1. The predicted octanol–water partition coefficient (Wildman–Crippen LogP) is 5.23. The summed E-state index contributed by atoms with van der Waals surface area (Å²) in [6.07, 6.45) is 0. The van der Waals surface area contributed by atoms with Gasteiger partial charge in [-0.2, -0.15) is 0 Å². The van der Waals surface area contributed by atoms with Gasteiger partial charge in [-0.1, -0.05) is 41.9 Å². The van der Waals surface area contributed by atoms with Crippen molar-refractivity contribution in [1.29, 1.82) is 0 Å². The summed E-state index contributed by atoms with van der Waals surface area (Å²) in [5.41, 5.74) is 2.02. The first kappa shape index (κ1) is 21.6. The fourth-order valence-electron chi connectivity index (χ4n) is 3.73. The lowest BCUT2D eigenvalue weighted by molar-refractivity contribution is 0.0985. The average molecular weight is 450 g/mol. The maximum Gasteiger partial charge on any atom is 0.260 e. The molecule has 1 N–H and O–H groups in total. The Morgan fingerprint density at radius 2 is 1.75 bits per heavy atom. The highest BCUT2D eigenvalue weighted by molar-refractivity contribution is 6.31. The number of hydrogen-bond acceptors (Lipinski definition) is 3. The third kappa shape index (κ3) is 4.22. The van der Waals surface area contributed by atoms with Crippen LogP contribution in [0.15, 0.2) is 77.6 Å². The van der Waals surface area contributed by atoms with Gasteiger partial charge in [0.2, 0.25) is 5.56 Å². The van der Waals surface area contributed by atoms with E-state index < -0.39 is 11.4 Å². The average Bonchev–Trinajstić information content (AvgIpc) is 2.77. The number of aromatic amines is 1. The molecule has 3 aromatic carbocycles. The molecule has 0 aliphatic heterocycles. The summed E-state index contributed by atoms with van der Waals surface area (Å²) in [7, 11) is 3.73. The number of benzene rings is 3. The zero-order chi connectivity index (χ0) is 22.8. The Balaban J connectivity index is 1.88. The van der Waals surface area contributed by atoms with Crippen molar-refractivity contribution in [2.75, 3.05) is 23.9 Å². The van der Waals surface area contributed by atoms with Crippen molar-refractivity contribution in [3.63, 3.8) is 0 Å². The molecule has 4 aromatic rings. The number of anilines is 2. The summed E-state index contributed by atoms with van der Waals surface area (Å²) in [6.45, 7) is 0.0603. The Bertz CT molecular complexity index is 1370. The first-order chi connectivity index (χ1) is 15.3. The monoisotopic (exact) mass is 449 g/mol. The first-order valence-electron chi connectivity index (χ1n) is 9.99. The van der Waals surface area contributed by atoms with E-state index >= 15 is 0 Å². The highest BCUT2D eigenvalue weighted by Crippen LogP contribution is 2.28. The van der Waals surface area contributed by atoms with E-state index in [0.717, 1.165) is 5.69 Å². The van der Waals surface area contributed by atoms with Crippen LogP contribution in [0.25, 0.3) is 10.9 Å². The zero-order valence-corrected chi connectivity index (χ0v) is 18.4. The van der Waals surface area contributed by atoms with E-state index in [-0.39, 0.29) is 18.0 Å². The topological polar surface area (TPSA) is 56.4 Å². The molecule has 0 bridgehead atoms. The molecule has 0 atom stereocenters. The van der Waals surface area contributed by atoms with E-state index in [1.54, 1.807) is 53.4 Å². The van der Waals surface area contributed by atoms with E-state index in [0.29, 0.717) is 27.2 Å². The minimum Gasteiger partial charge on any atom is -0.377 e. The van der Waals surface area contributed by atoms with Gasteiger partial charge >= 0.3 is 0 Å². The van der Waals surface area contributed by atoms with Crippen molar-refractivity contribution in [3.8, 4) is 0 Å². The van der Waals surface area contributed by atoms with Crippen LogP contribution < -0.4 is 15.4 Å². The van der Waals surface area contributed by atoms with Gasteiger partial charge in [0.15, 0.2) is 0 Å². The highest BCUT2D eigenvalue weighted by atomic mass is 35.5. The van der Waals surface area contributed by atoms with Crippen LogP contribution in [0.5, 0.6) is 0 Å². The van der Waals surface area contributed by atoms with E-state index in [2.05, 4.69) is 4.98 Å². The number of hydrogen-bond donors (Lipinski definition) is 1. The number of nitrogens with one attached hydrogen (secondary N) is 1. The minimum atomic E-state index is -0.528. The molecule has 7 heteroatoms. The summed E-state index contributed by atoms with van der Waals surface area (Å²) >= 11 is 6.21. The minimum absolute atomic E-state index is 0.0603. The second-order valence-corrected chi connectivity index (χ2v) is 8.04. The normalized spacial score (nSPS) is 10.9. The summed E-state index contributed by atoms with van der Waals surface area (Å²) < 4.78 is 14.4. The molecule has 1 aromatic heterocycles. The quantitative estimate of drug-likeness (QED) is 0.453. The van der Waals surface area contributed by atoms with Crippen LogP contribution in [0.2, 0.25) is 5.02 Å². The van der Waals surface area contributed by atoms with Crippen molar-refractivity contribution in [3.05, 3.63) is 105 Å². The number of aromatic nitrogens is 1. The summed E-state index contributed by atoms with van der Waals surface area (Å²) in [6, 6.07) is 20.2. The summed E-state index contributed by atoms with van der Waals surface area (Å²) in [5, 5.41) is 1.01. The molecular weight excluding hydrogens is 429 g/mol. The van der Waals surface area contributed by atoms with Crippen LogP contribution in [-0.2, 0) is 6.54 Å². The lowest BCUT2D eigenvalue weighted by Gasteiger charge is -2.26. The van der Waals surface area contributed by atoms with Crippen molar-refractivity contribution in [1.82, 2.24) is 4.98 Å². The number of halogens is 2. The van der Waals surface area contributed by atoms with Gasteiger partial charge in [-0.05, 0) is 42.0 Å². The molecule has 0 unspecified atom stereocenters. The molecule has 0 saturated carbocycles. The molecule has 0 aliphatic carbocycles. The standard InChI is InChI=1S/C25H21ClFN3O2/c1-29(2)22-12-4-3-9-20(22)25(32)30(18-8-5-7-17(26)14-18)15-16-13-23(31)28-24-19(16)10-6-11-21(24)27/h3-14H,15H2,1-2H3,(H,28,31). The first-order valence-corrected chi connectivity index (χ1v) is 10.4. The van der Waals surface area contributed by atoms with E-state index in [4.69, 9.17) is 11.6 Å². The molecule has 0 spiro atoms. The van der Waals surface area contributed by atoms with Gasteiger partial charge in [-0.25, -0.2) is 4.39 Å². The second-order valence-electron chi connectivity index (χ2n) is 7.60. The van der Waals surface area contributed by atoms with Crippen LogP contribution in [0.1, 0.15) is 15.9 Å². The molecular formula is C25H21ClFN3O2. The van der Waals surface area contributed by atoms with Crippen molar-refractivity contribution in [2.24, 2.45) is 0 Å². The van der Waals surface area contributed by atoms with Gasteiger partial charge < -0.3 is 14.8 Å². The number of fused-ring (bicyclic) bond motifs is 1. The van der Waals surface area contributed by atoms with Gasteiger partial charge in [-0.3, -0.25) is 9.59 Å². The molecule has 32 heavy (non-hydrogen) atoms. The number of nitrogens with zero attached hydrogens (tertiary/aromatic N) is 2. The molecule has 1 heterocycles. The van der Waals surface area contributed by atoms with Crippen molar-refractivity contribution >= 4 is 39.8 Å². The molecule has 0 fully saturated rings. The van der Waals surface area contributed by atoms with Crippen LogP contribution in [0, 0.1) is 5.82 Å². The Kier molecular flexibility index (Phi) is 5.97. The summed E-state index contributed by atoms with van der Waals surface area (Å²) in [4.78, 5) is 32.0. The Morgan fingerprint density at radius 3 is 2.50 bits per heavy atom. The molecule has 0 saturated heterocycles. The summed E-state index contributed by atoms with van der Waals surface area (Å²) in [5.74, 6) is -0.790. The van der Waals surface area contributed by atoms with Gasteiger partial charge in [0.05, 0.1) is 17.6 Å². The smallest absolute Gasteiger partial charge is 0.260 e. The number of para-hydroxylation sites is 2. The fourth-order valence-corrected chi connectivity index (χ4v) is 3.91. The van der Waals surface area contributed by atoms with Gasteiger partial charge in [0, 0.05) is 41.9 Å². The largest absolute Gasteiger partial charge is 0.377 e. The second kappa shape index (κ2) is 8.85. The molecule has 5 nitrogen and oxygen atoms in total. The molecule has 0 aliphatic rings. The van der Waals surface area contributed by atoms with Crippen LogP contribution >= 0.6 is 11.6 Å². The van der Waals surface area contributed by atoms with Crippen molar-refractivity contribution in [2.45, 2.75) is 6.54 Å². The molecule has 0 radical (unpaired) electrons. The van der Waals surface area contributed by atoms with Crippen molar-refractivity contribution < 1.29 is 9.18 Å². The van der Waals surface area contributed by atoms with Crippen LogP contribution in [0.4, 0.5) is 15.8 Å². The number of H-pyrrole nitrogens is 1. The van der Waals surface area contributed by atoms with E-state index in [9.17, 15) is 14.0 Å². The fraction of sp³-hybridized carbons (Fsp3) is 0.120. The lowest BCUT2D eigenvalue weighted by Crippen LogP contribution is -2.32. The number of carbonyl (C=O) groups excluding carboxylic acids is 1. The molecule has 1 amide bonds. The molecule has 162 valence electrons. The Morgan fingerprint density at radius 1 is 1.00 bits per heavy atom. The van der Waals surface area contributed by atoms with E-state index in [1.807, 2.05) is 31.1 Å². The van der Waals surface area contributed by atoms with Crippen LogP contribution in [0.3, 0.4) is 0 Å². The highest BCUT2D eigenvalue weighted by Gasteiger charge is 2.23. The Hall–Kier alpha value is -3.64. The Labute approximate surface area is 189 Å². The number of rotatable bonds is 5. The maximum absolute atomic E-state index is 14.4. The predicted molar refractivity (Wildman–Crippen MR) is 127 cm³/mol. The van der Waals surface area contributed by atoms with Gasteiger partial charge in [-0.15, -0.1) is 0 Å². The van der Waals surface area contributed by atoms with E-state index in [1.165, 1.54) is 12.1 Å². The molecule has 4 rings (SSSR count). The third-order valence-electron chi connectivity index (χ3n) is 5.22.